The highest BCUT2D eigenvalue weighted by Gasteiger charge is 2.47. The molecule has 0 spiro atoms. The Morgan fingerprint density at radius 1 is 0.760 bits per heavy atom. The maximum atomic E-state index is 13.1. The van der Waals surface area contributed by atoms with E-state index in [1.165, 1.54) is 0 Å². The van der Waals surface area contributed by atoms with Gasteiger partial charge in [-0.05, 0) is 24.3 Å². The van der Waals surface area contributed by atoms with Crippen molar-refractivity contribution < 1.29 is 39.3 Å². The summed E-state index contributed by atoms with van der Waals surface area (Å²) < 4.78 is 97.7. The van der Waals surface area contributed by atoms with E-state index in [-0.39, 0.29) is 0 Å². The molecular weight excluding hydrogens is 394 g/mol. The highest BCUT2D eigenvalue weighted by Crippen LogP contribution is 2.53. The number of alkyl halides is 6. The number of halogens is 6. The molecule has 3 nitrogen and oxygen atoms in total. The minimum Gasteiger partial charge on any atom is -0.279 e. The van der Waals surface area contributed by atoms with Crippen molar-refractivity contribution in [2.24, 2.45) is 0 Å². The molecule has 0 bridgehead atoms. The average Bonchev–Trinajstić information content (AvgIpc) is 2.80. The van der Waals surface area contributed by atoms with Crippen LogP contribution in [0.3, 0.4) is 0 Å². The van der Waals surface area contributed by atoms with E-state index >= 15 is 0 Å². The quantitative estimate of drug-likeness (QED) is 0.230. The van der Waals surface area contributed by atoms with Gasteiger partial charge in [0.05, 0.1) is 0 Å². The monoisotopic (exact) mass is 403 g/mol. The molecule has 0 aliphatic rings. The van der Waals surface area contributed by atoms with E-state index in [1.807, 2.05) is 0 Å². The van der Waals surface area contributed by atoms with Gasteiger partial charge < -0.3 is 0 Å². The second-order valence-corrected chi connectivity index (χ2v) is 8.03. The number of hydrogen-bond acceptors (Lipinski definition) is 2. The van der Waals surface area contributed by atoms with Gasteiger partial charge in [-0.2, -0.15) is 21.6 Å². The Kier molecular flexibility index (Phi) is 5.04. The van der Waals surface area contributed by atoms with Gasteiger partial charge in [-0.25, -0.2) is 0 Å². The molecule has 0 radical (unpaired) electrons. The fourth-order valence-electron chi connectivity index (χ4n) is 2.10. The van der Waals surface area contributed by atoms with Gasteiger partial charge in [0.15, 0.2) is 9.40 Å². The van der Waals surface area contributed by atoms with E-state index in [0.29, 0.717) is 20.2 Å². The molecule has 0 saturated heterocycles. The second-order valence-electron chi connectivity index (χ2n) is 4.67. The highest BCUT2D eigenvalue weighted by atomic mass is 32.2. The van der Waals surface area contributed by atoms with Crippen LogP contribution in [0.4, 0.5) is 26.3 Å². The second kappa shape index (κ2) is 6.46. The molecule has 0 unspecified atom stereocenters. The van der Waals surface area contributed by atoms with E-state index in [4.69, 9.17) is 13.0 Å². The smallest absolute Gasteiger partial charge is 0.279 e. The summed E-state index contributed by atoms with van der Waals surface area (Å²) in [4.78, 5) is 0. The molecule has 3 rings (SSSR count). The molecule has 1 heterocycles. The lowest BCUT2D eigenvalue weighted by molar-refractivity contribution is -0.0862. The Morgan fingerprint density at radius 3 is 1.36 bits per heavy atom. The van der Waals surface area contributed by atoms with Crippen molar-refractivity contribution in [3.63, 3.8) is 0 Å². The van der Waals surface area contributed by atoms with Crippen molar-refractivity contribution in [2.45, 2.75) is 11.0 Å². The summed E-state index contributed by atoms with van der Waals surface area (Å²) in [6, 6.07) is 13.5. The number of thiophene rings is 1. The first-order valence-corrected chi connectivity index (χ1v) is 9.04. The van der Waals surface area contributed by atoms with Crippen molar-refractivity contribution in [3.8, 4) is 0 Å². The summed E-state index contributed by atoms with van der Waals surface area (Å²) in [7, 11) is -7.63. The zero-order chi connectivity index (χ0) is 19.0. The van der Waals surface area contributed by atoms with Crippen molar-refractivity contribution in [2.75, 3.05) is 0 Å². The van der Waals surface area contributed by atoms with E-state index in [1.54, 1.807) is 48.5 Å². The Hall–Kier alpha value is -1.85. The predicted molar refractivity (Wildman–Crippen MR) is 82.8 cm³/mol. The van der Waals surface area contributed by atoms with Crippen molar-refractivity contribution in [1.29, 1.82) is 0 Å². The van der Waals surface area contributed by atoms with Crippen LogP contribution in [0.25, 0.3) is 20.2 Å². The average molecular weight is 403 g/mol. The zero-order valence-electron chi connectivity index (χ0n) is 12.0. The van der Waals surface area contributed by atoms with Crippen LogP contribution in [0.2, 0.25) is 0 Å². The summed E-state index contributed by atoms with van der Waals surface area (Å²) in [6.45, 7) is 0. The molecule has 1 N–H and O–H groups in total. The molecule has 3 aromatic rings. The van der Waals surface area contributed by atoms with Crippen LogP contribution in [0.15, 0.2) is 48.5 Å². The fraction of sp³-hybridized carbons (Fsp3) is 0.143. The largest absolute Gasteiger partial charge is 0.601 e. The van der Waals surface area contributed by atoms with Crippen LogP contribution in [0.1, 0.15) is 0 Å². The molecule has 11 heteroatoms. The Balaban J connectivity index is 0.000000242. The molecule has 0 aliphatic carbocycles. The number of hydrogen-bond donors (Lipinski definition) is 1. The topological polar surface area (TPSA) is 54.4 Å². The standard InChI is InChI=1S/C13H8F3S.CHF3O3S/c14-13(15,16)17-11-7-3-1-5-9(11)10-6-2-4-8-12(10)17;2-1(3,4)8(5,6)7/h1-8H;(H,5,6,7)/q+1;. The first-order valence-electron chi connectivity index (χ1n) is 6.37. The number of rotatable bonds is 0. The van der Waals surface area contributed by atoms with Gasteiger partial charge in [-0.1, -0.05) is 24.3 Å². The third kappa shape index (κ3) is 4.05. The SMILES string of the molecule is FC(F)(F)[s+]1c2ccccc2c2ccccc21.O=S(=O)(O)C(F)(F)F. The Morgan fingerprint density at radius 2 is 1.08 bits per heavy atom. The maximum Gasteiger partial charge on any atom is 0.601 e. The molecule has 1 aromatic heterocycles. The van der Waals surface area contributed by atoms with E-state index in [9.17, 15) is 26.3 Å². The predicted octanol–water partition coefficient (Wildman–Crippen LogP) is 5.61. The molecule has 2 aromatic carbocycles. The summed E-state index contributed by atoms with van der Waals surface area (Å²) in [6.07, 6.45) is 0. The molecule has 0 fully saturated rings. The summed E-state index contributed by atoms with van der Waals surface area (Å²) in [5.41, 5.74) is -9.74. The van der Waals surface area contributed by atoms with Gasteiger partial charge in [-0.15, -0.1) is 13.2 Å². The van der Waals surface area contributed by atoms with Gasteiger partial charge in [0.25, 0.3) is 0 Å². The molecule has 0 aliphatic heterocycles. The van der Waals surface area contributed by atoms with Gasteiger partial charge in [-0.3, -0.25) is 4.55 Å². The van der Waals surface area contributed by atoms with Gasteiger partial charge in [0.2, 0.25) is 0 Å². The van der Waals surface area contributed by atoms with Crippen LogP contribution < -0.4 is 0 Å². The van der Waals surface area contributed by atoms with Crippen LogP contribution >= 0.6 is 10.5 Å². The van der Waals surface area contributed by atoms with Gasteiger partial charge >= 0.3 is 21.1 Å². The third-order valence-corrected chi connectivity index (χ3v) is 5.67. The van der Waals surface area contributed by atoms with Gasteiger partial charge in [0.1, 0.15) is 10.5 Å². The van der Waals surface area contributed by atoms with E-state index in [0.717, 1.165) is 0 Å². The lowest BCUT2D eigenvalue weighted by Crippen LogP contribution is -2.21. The lowest BCUT2D eigenvalue weighted by atomic mass is 10.2. The summed E-state index contributed by atoms with van der Waals surface area (Å²) in [5, 5.41) is 1.42. The Bertz CT molecular complexity index is 949. The molecule has 0 atom stereocenters. The van der Waals surface area contributed by atoms with Crippen LogP contribution in [-0.2, 0) is 15.6 Å². The van der Waals surface area contributed by atoms with Crippen LogP contribution in [0, 0.1) is 0 Å². The van der Waals surface area contributed by atoms with Crippen molar-refractivity contribution in [1.82, 2.24) is 0 Å². The van der Waals surface area contributed by atoms with E-state index < -0.39 is 31.6 Å². The lowest BCUT2D eigenvalue weighted by Gasteiger charge is -1.97. The maximum absolute atomic E-state index is 13.1. The zero-order valence-corrected chi connectivity index (χ0v) is 13.6. The van der Waals surface area contributed by atoms with Crippen LogP contribution in [0.5, 0.6) is 0 Å². The normalized spacial score (nSPS) is 12.9. The van der Waals surface area contributed by atoms with Crippen LogP contribution in [-0.4, -0.2) is 18.5 Å². The minimum absolute atomic E-state index is 0.390. The highest BCUT2D eigenvalue weighted by molar-refractivity contribution is 7.86. The molecular formula is C14H9F6O3S2+. The van der Waals surface area contributed by atoms with Crippen molar-refractivity contribution >= 4 is 40.8 Å². The molecule has 136 valence electrons. The summed E-state index contributed by atoms with van der Waals surface area (Å²) in [5.74, 6) is 0. The van der Waals surface area contributed by atoms with E-state index in [2.05, 4.69) is 0 Å². The molecule has 0 amide bonds. The third-order valence-electron chi connectivity index (χ3n) is 3.03. The van der Waals surface area contributed by atoms with Crippen molar-refractivity contribution in [3.05, 3.63) is 48.5 Å². The Labute approximate surface area is 140 Å². The van der Waals surface area contributed by atoms with Gasteiger partial charge in [0, 0.05) is 10.8 Å². The number of benzene rings is 2. The minimum atomic E-state index is -5.84. The molecule has 25 heavy (non-hydrogen) atoms. The first kappa shape index (κ1) is 19.5. The first-order chi connectivity index (χ1) is 11.3. The molecule has 0 saturated carbocycles. The summed E-state index contributed by atoms with van der Waals surface area (Å²) >= 11 is 0. The fourth-order valence-corrected chi connectivity index (χ4v) is 4.06. The number of fused-ring (bicyclic) bond motifs is 3.